The molecule has 0 saturated carbocycles. The number of hydrogen-bond acceptors (Lipinski definition) is 6. The first-order valence-electron chi connectivity index (χ1n) is 4.82. The molecular weight excluding hydrogens is 237 g/mol. The van der Waals surface area contributed by atoms with E-state index < -0.39 is 17.9 Å². The van der Waals surface area contributed by atoms with Gasteiger partial charge in [0.2, 0.25) is 0 Å². The molecule has 0 amide bonds. The van der Waals surface area contributed by atoms with E-state index >= 15 is 0 Å². The molecule has 1 aromatic rings. The molecule has 8 heteroatoms. The van der Waals surface area contributed by atoms with Gasteiger partial charge < -0.3 is 14.6 Å². The molecule has 7 nitrogen and oxygen atoms in total. The Morgan fingerprint density at radius 3 is 2.71 bits per heavy atom. The van der Waals surface area contributed by atoms with Gasteiger partial charge in [-0.25, -0.2) is 4.98 Å². The van der Waals surface area contributed by atoms with E-state index in [1.54, 1.807) is 6.92 Å². The zero-order valence-electron chi connectivity index (χ0n) is 10.0. The number of carbonyl (C=O) groups excluding carboxylic acids is 2. The quantitative estimate of drug-likeness (QED) is 0.418. The Kier molecular flexibility index (Phi) is 7.01. The Morgan fingerprint density at radius 2 is 2.18 bits per heavy atom. The summed E-state index contributed by atoms with van der Waals surface area (Å²) in [6.07, 6.45) is -0.0550. The molecule has 1 unspecified atom stereocenters. The van der Waals surface area contributed by atoms with Gasteiger partial charge in [-0.2, -0.15) is 5.10 Å². The third-order valence-corrected chi connectivity index (χ3v) is 1.91. The minimum absolute atomic E-state index is 0. The number of carbonyl (C=O) groups is 2. The van der Waals surface area contributed by atoms with Crippen LogP contribution in [0.3, 0.4) is 0 Å². The Balaban J connectivity index is 0.00000256. The number of aromatic amines is 1. The molecule has 88 valence electrons. The minimum atomic E-state index is -1.26. The van der Waals surface area contributed by atoms with Crippen LogP contribution in [0, 0.1) is 0 Å². The standard InChI is InChI=1S/C9H13N3O4.Na/c1-3-16-7(13)4-6-10-8(12-11-6)5(2)9(14)15;/h5H,3-4H2,1-2H3,(H,14,15)(H,10,11,12);/q;+1/p-1. The fraction of sp³-hybridized carbons (Fsp3) is 0.556. The van der Waals surface area contributed by atoms with Gasteiger partial charge in [0.05, 0.1) is 18.5 Å². The molecule has 1 N–H and O–H groups in total. The fourth-order valence-corrected chi connectivity index (χ4v) is 1.04. The first-order valence-corrected chi connectivity index (χ1v) is 4.82. The number of aliphatic carboxylic acids is 1. The van der Waals surface area contributed by atoms with Crippen LogP contribution >= 0.6 is 0 Å². The van der Waals surface area contributed by atoms with E-state index in [2.05, 4.69) is 15.2 Å². The Labute approximate surface area is 120 Å². The van der Waals surface area contributed by atoms with Crippen LogP contribution in [-0.2, 0) is 20.7 Å². The molecule has 0 bridgehead atoms. The van der Waals surface area contributed by atoms with Crippen LogP contribution in [0.5, 0.6) is 0 Å². The maximum absolute atomic E-state index is 11.1. The Bertz CT molecular complexity index is 393. The number of aromatic nitrogens is 3. The second-order valence-corrected chi connectivity index (χ2v) is 3.16. The largest absolute Gasteiger partial charge is 1.00 e. The van der Waals surface area contributed by atoms with Crippen LogP contribution in [0.2, 0.25) is 0 Å². The Hall–Kier alpha value is -0.920. The number of carboxylic acid groups (broad SMARTS) is 1. The van der Waals surface area contributed by atoms with Crippen LogP contribution < -0.4 is 34.7 Å². The molecule has 0 saturated heterocycles. The average molecular weight is 249 g/mol. The van der Waals surface area contributed by atoms with Gasteiger partial charge in [-0.1, -0.05) is 0 Å². The molecule has 1 rings (SSSR count). The SMILES string of the molecule is CCOC(=O)Cc1nc(C(C)C(=O)[O-])n[nH]1.[Na+]. The molecule has 0 aliphatic rings. The van der Waals surface area contributed by atoms with Crippen molar-refractivity contribution < 1.29 is 49.0 Å². The van der Waals surface area contributed by atoms with Crippen LogP contribution in [-0.4, -0.2) is 33.7 Å². The normalized spacial score (nSPS) is 11.4. The van der Waals surface area contributed by atoms with Gasteiger partial charge in [0.1, 0.15) is 12.2 Å². The first kappa shape index (κ1) is 16.1. The van der Waals surface area contributed by atoms with Crippen LogP contribution in [0.15, 0.2) is 0 Å². The number of hydrogen-bond donors (Lipinski definition) is 1. The molecule has 0 radical (unpaired) electrons. The van der Waals surface area contributed by atoms with Crippen LogP contribution in [0.25, 0.3) is 0 Å². The van der Waals surface area contributed by atoms with E-state index in [1.165, 1.54) is 6.92 Å². The van der Waals surface area contributed by atoms with E-state index in [0.717, 1.165) is 0 Å². The molecule has 0 spiro atoms. The third-order valence-electron chi connectivity index (χ3n) is 1.91. The number of rotatable bonds is 5. The molecule has 1 heterocycles. The van der Waals surface area contributed by atoms with Crippen LogP contribution in [0.1, 0.15) is 31.4 Å². The number of esters is 1. The van der Waals surface area contributed by atoms with Gasteiger partial charge in [0, 0.05) is 0 Å². The van der Waals surface area contributed by atoms with E-state index in [9.17, 15) is 14.7 Å². The minimum Gasteiger partial charge on any atom is -0.549 e. The maximum Gasteiger partial charge on any atom is 1.00 e. The number of ether oxygens (including phenoxy) is 1. The molecule has 0 aliphatic heterocycles. The van der Waals surface area contributed by atoms with Gasteiger partial charge in [-0.05, 0) is 13.8 Å². The summed E-state index contributed by atoms with van der Waals surface area (Å²) < 4.78 is 4.71. The topological polar surface area (TPSA) is 108 Å². The Morgan fingerprint density at radius 1 is 1.53 bits per heavy atom. The predicted octanol–water partition coefficient (Wildman–Crippen LogP) is -4.23. The second kappa shape index (κ2) is 7.41. The van der Waals surface area contributed by atoms with Gasteiger partial charge in [0.25, 0.3) is 0 Å². The van der Waals surface area contributed by atoms with Crippen molar-refractivity contribution in [3.05, 3.63) is 11.6 Å². The van der Waals surface area contributed by atoms with Crippen molar-refractivity contribution in [2.45, 2.75) is 26.2 Å². The average Bonchev–Trinajstić information content (AvgIpc) is 2.65. The molecule has 17 heavy (non-hydrogen) atoms. The number of nitrogens with zero attached hydrogens (tertiary/aromatic N) is 2. The molecule has 0 aliphatic carbocycles. The van der Waals surface area contributed by atoms with Gasteiger partial charge in [-0.3, -0.25) is 9.89 Å². The van der Waals surface area contributed by atoms with Crippen molar-refractivity contribution in [3.8, 4) is 0 Å². The smallest absolute Gasteiger partial charge is 0.549 e. The summed E-state index contributed by atoms with van der Waals surface area (Å²) in [5.41, 5.74) is 0. The van der Waals surface area contributed by atoms with Gasteiger partial charge >= 0.3 is 35.5 Å². The second-order valence-electron chi connectivity index (χ2n) is 3.16. The summed E-state index contributed by atoms with van der Waals surface area (Å²) in [4.78, 5) is 25.5. The number of H-pyrrole nitrogens is 1. The van der Waals surface area contributed by atoms with Crippen molar-refractivity contribution >= 4 is 11.9 Å². The van der Waals surface area contributed by atoms with Crippen molar-refractivity contribution in [1.29, 1.82) is 0 Å². The summed E-state index contributed by atoms with van der Waals surface area (Å²) >= 11 is 0. The monoisotopic (exact) mass is 249 g/mol. The molecule has 1 atom stereocenters. The van der Waals surface area contributed by atoms with Gasteiger partial charge in [0.15, 0.2) is 5.82 Å². The van der Waals surface area contributed by atoms with Crippen molar-refractivity contribution in [2.75, 3.05) is 6.61 Å². The summed E-state index contributed by atoms with van der Waals surface area (Å²) in [6.45, 7) is 3.39. The first-order chi connectivity index (χ1) is 7.54. The third kappa shape index (κ3) is 4.84. The predicted molar refractivity (Wildman–Crippen MR) is 50.1 cm³/mol. The summed E-state index contributed by atoms with van der Waals surface area (Å²) in [5, 5.41) is 16.7. The summed E-state index contributed by atoms with van der Waals surface area (Å²) in [7, 11) is 0. The van der Waals surface area contributed by atoms with E-state index in [0.29, 0.717) is 0 Å². The van der Waals surface area contributed by atoms with E-state index in [-0.39, 0.29) is 54.2 Å². The van der Waals surface area contributed by atoms with Crippen molar-refractivity contribution in [1.82, 2.24) is 15.2 Å². The van der Waals surface area contributed by atoms with Gasteiger partial charge in [-0.15, -0.1) is 0 Å². The molecular formula is C9H12N3NaO4. The van der Waals surface area contributed by atoms with Crippen molar-refractivity contribution in [2.24, 2.45) is 0 Å². The fourth-order valence-electron chi connectivity index (χ4n) is 1.04. The van der Waals surface area contributed by atoms with Crippen molar-refractivity contribution in [3.63, 3.8) is 0 Å². The molecule has 1 aromatic heterocycles. The van der Waals surface area contributed by atoms with E-state index in [1.807, 2.05) is 0 Å². The molecule has 0 aromatic carbocycles. The number of carboxylic acids is 1. The molecule has 0 fully saturated rings. The zero-order chi connectivity index (χ0) is 12.1. The van der Waals surface area contributed by atoms with Crippen LogP contribution in [0.4, 0.5) is 0 Å². The number of nitrogens with one attached hydrogen (secondary N) is 1. The van der Waals surface area contributed by atoms with E-state index in [4.69, 9.17) is 4.74 Å². The summed E-state index contributed by atoms with van der Waals surface area (Å²) in [6, 6.07) is 0. The maximum atomic E-state index is 11.1. The summed E-state index contributed by atoms with van der Waals surface area (Å²) in [5.74, 6) is -2.24. The zero-order valence-corrected chi connectivity index (χ0v) is 12.0.